The van der Waals surface area contributed by atoms with Crippen LogP contribution in [0.2, 0.25) is 0 Å². The van der Waals surface area contributed by atoms with Crippen molar-refractivity contribution >= 4 is 39.7 Å². The molecule has 0 amide bonds. The van der Waals surface area contributed by atoms with Crippen molar-refractivity contribution in [2.24, 2.45) is 0 Å². The first-order valence-corrected chi connectivity index (χ1v) is 8.07. The second-order valence-corrected chi connectivity index (χ2v) is 6.92. The van der Waals surface area contributed by atoms with E-state index in [1.807, 2.05) is 29.8 Å². The van der Waals surface area contributed by atoms with Crippen LogP contribution in [0.3, 0.4) is 0 Å². The Morgan fingerprint density at radius 1 is 1.37 bits per heavy atom. The van der Waals surface area contributed by atoms with Crippen LogP contribution >= 0.6 is 34.0 Å². The van der Waals surface area contributed by atoms with E-state index in [1.54, 1.807) is 22.7 Å². The third-order valence-electron chi connectivity index (χ3n) is 2.67. The Bertz CT molecular complexity index is 760. The Morgan fingerprint density at radius 2 is 2.21 bits per heavy atom. The number of aromatic nitrogens is 1. The number of nitrogens with zero attached hydrogens (tertiary/aromatic N) is 2. The van der Waals surface area contributed by atoms with Crippen molar-refractivity contribution in [1.29, 1.82) is 5.26 Å². The summed E-state index contributed by atoms with van der Waals surface area (Å²) < 4.78 is 0. The number of nitriles is 1. The maximum absolute atomic E-state index is 9.17. The number of hydrogen-bond donors (Lipinski definition) is 1. The number of thiazole rings is 1. The van der Waals surface area contributed by atoms with Gasteiger partial charge < -0.3 is 5.73 Å². The molecule has 3 aromatic heterocycles. The van der Waals surface area contributed by atoms with E-state index in [2.05, 4.69) is 11.1 Å². The van der Waals surface area contributed by atoms with Gasteiger partial charge in [-0.05, 0) is 18.4 Å². The summed E-state index contributed by atoms with van der Waals surface area (Å²) in [4.78, 5) is 7.13. The van der Waals surface area contributed by atoms with Crippen LogP contribution < -0.4 is 5.73 Å². The van der Waals surface area contributed by atoms with Gasteiger partial charge in [-0.2, -0.15) is 5.26 Å². The first-order valence-electron chi connectivity index (χ1n) is 5.49. The van der Waals surface area contributed by atoms with Crippen LogP contribution in [0.5, 0.6) is 0 Å². The molecule has 0 saturated heterocycles. The summed E-state index contributed by atoms with van der Waals surface area (Å²) in [6.07, 6.45) is 0. The molecule has 0 aliphatic carbocycles. The van der Waals surface area contributed by atoms with E-state index in [0.717, 1.165) is 26.0 Å². The SMILES string of the molecule is Cc1nc(-c2sc(C#N)c(N)c2-c2cccs2)cs1. The maximum Gasteiger partial charge on any atom is 0.129 e. The van der Waals surface area contributed by atoms with Crippen molar-refractivity contribution in [3.8, 4) is 27.1 Å². The van der Waals surface area contributed by atoms with Gasteiger partial charge in [0.1, 0.15) is 10.9 Å². The van der Waals surface area contributed by atoms with E-state index in [9.17, 15) is 5.26 Å². The quantitative estimate of drug-likeness (QED) is 0.765. The largest absolute Gasteiger partial charge is 0.396 e. The molecule has 0 atom stereocenters. The van der Waals surface area contributed by atoms with Gasteiger partial charge in [-0.15, -0.1) is 34.0 Å². The van der Waals surface area contributed by atoms with Crippen molar-refractivity contribution < 1.29 is 0 Å². The average Bonchev–Trinajstić information content (AvgIpc) is 3.08. The molecule has 3 aromatic rings. The van der Waals surface area contributed by atoms with Crippen LogP contribution in [-0.2, 0) is 0 Å². The van der Waals surface area contributed by atoms with Crippen LogP contribution in [0, 0.1) is 18.3 Å². The maximum atomic E-state index is 9.17. The molecule has 0 spiro atoms. The highest BCUT2D eigenvalue weighted by Crippen LogP contribution is 2.46. The second kappa shape index (κ2) is 4.78. The molecule has 0 aliphatic heterocycles. The van der Waals surface area contributed by atoms with Gasteiger partial charge in [0, 0.05) is 15.8 Å². The predicted octanol–water partition coefficient (Wildman–Crippen LogP) is 4.36. The molecule has 0 fully saturated rings. The van der Waals surface area contributed by atoms with E-state index in [-0.39, 0.29) is 0 Å². The van der Waals surface area contributed by atoms with E-state index in [4.69, 9.17) is 5.73 Å². The van der Waals surface area contributed by atoms with Gasteiger partial charge in [0.2, 0.25) is 0 Å². The van der Waals surface area contributed by atoms with E-state index in [1.165, 1.54) is 11.3 Å². The Labute approximate surface area is 122 Å². The van der Waals surface area contributed by atoms with Crippen LogP contribution in [-0.4, -0.2) is 4.98 Å². The fourth-order valence-electron chi connectivity index (χ4n) is 1.84. The molecule has 0 bridgehead atoms. The van der Waals surface area contributed by atoms with Crippen molar-refractivity contribution in [3.05, 3.63) is 32.8 Å². The molecule has 3 nitrogen and oxygen atoms in total. The fraction of sp³-hybridized carbons (Fsp3) is 0.0769. The minimum Gasteiger partial charge on any atom is -0.396 e. The van der Waals surface area contributed by atoms with Gasteiger partial charge in [-0.1, -0.05) is 6.07 Å². The Balaban J connectivity index is 2.27. The smallest absolute Gasteiger partial charge is 0.129 e. The average molecular weight is 303 g/mol. The third-order valence-corrected chi connectivity index (χ3v) is 5.46. The van der Waals surface area contributed by atoms with Gasteiger partial charge >= 0.3 is 0 Å². The highest BCUT2D eigenvalue weighted by molar-refractivity contribution is 7.19. The molecule has 0 aliphatic rings. The molecule has 2 N–H and O–H groups in total. The summed E-state index contributed by atoms with van der Waals surface area (Å²) in [6.45, 7) is 1.97. The zero-order valence-electron chi connectivity index (χ0n) is 10.0. The normalized spacial score (nSPS) is 10.5. The van der Waals surface area contributed by atoms with Crippen molar-refractivity contribution in [1.82, 2.24) is 4.98 Å². The summed E-state index contributed by atoms with van der Waals surface area (Å²) in [7, 11) is 0. The van der Waals surface area contributed by atoms with Crippen LogP contribution in [0.1, 0.15) is 9.88 Å². The van der Waals surface area contributed by atoms with Crippen LogP contribution in [0.25, 0.3) is 21.0 Å². The number of aryl methyl sites for hydroxylation is 1. The molecular formula is C13H9N3S3. The topological polar surface area (TPSA) is 62.7 Å². The summed E-state index contributed by atoms with van der Waals surface area (Å²) in [5.74, 6) is 0. The molecule has 0 radical (unpaired) electrons. The lowest BCUT2D eigenvalue weighted by Gasteiger charge is -2.00. The molecule has 19 heavy (non-hydrogen) atoms. The molecular weight excluding hydrogens is 294 g/mol. The number of thiophene rings is 2. The van der Waals surface area contributed by atoms with Crippen molar-refractivity contribution in [2.45, 2.75) is 6.92 Å². The van der Waals surface area contributed by atoms with Gasteiger partial charge in [0.05, 0.1) is 21.3 Å². The second-order valence-electron chi connectivity index (χ2n) is 3.89. The van der Waals surface area contributed by atoms with Gasteiger partial charge in [0.25, 0.3) is 0 Å². The van der Waals surface area contributed by atoms with Gasteiger partial charge in [0.15, 0.2) is 0 Å². The lowest BCUT2D eigenvalue weighted by molar-refractivity contribution is 1.31. The van der Waals surface area contributed by atoms with Gasteiger partial charge in [-0.25, -0.2) is 4.98 Å². The number of anilines is 1. The summed E-state index contributed by atoms with van der Waals surface area (Å²) in [5, 5.41) is 14.2. The standard InChI is InChI=1S/C13H9N3S3/c1-7-16-8(6-18-7)13-11(9-3-2-4-17-9)12(15)10(5-14)19-13/h2-4,6H,15H2,1H3. The minimum atomic E-state index is 0.559. The van der Waals surface area contributed by atoms with E-state index < -0.39 is 0 Å². The number of hydrogen-bond acceptors (Lipinski definition) is 6. The summed E-state index contributed by atoms with van der Waals surface area (Å²) in [6, 6.07) is 6.17. The van der Waals surface area contributed by atoms with Crippen LogP contribution in [0.4, 0.5) is 5.69 Å². The highest BCUT2D eigenvalue weighted by atomic mass is 32.1. The lowest BCUT2D eigenvalue weighted by atomic mass is 10.1. The zero-order valence-corrected chi connectivity index (χ0v) is 12.5. The Hall–Kier alpha value is -1.68. The lowest BCUT2D eigenvalue weighted by Crippen LogP contribution is -1.87. The molecule has 3 heterocycles. The molecule has 94 valence electrons. The van der Waals surface area contributed by atoms with Crippen LogP contribution in [0.15, 0.2) is 22.9 Å². The number of nitrogens with two attached hydrogens (primary N) is 1. The zero-order chi connectivity index (χ0) is 13.4. The third kappa shape index (κ3) is 2.06. The first kappa shape index (κ1) is 12.4. The Morgan fingerprint density at radius 3 is 2.79 bits per heavy atom. The van der Waals surface area contributed by atoms with Crippen molar-refractivity contribution in [3.63, 3.8) is 0 Å². The van der Waals surface area contributed by atoms with Gasteiger partial charge in [-0.3, -0.25) is 0 Å². The monoisotopic (exact) mass is 303 g/mol. The molecule has 0 aromatic carbocycles. The number of rotatable bonds is 2. The first-order chi connectivity index (χ1) is 9.20. The Kier molecular flexibility index (Phi) is 3.11. The molecule has 0 saturated carbocycles. The number of nitrogen functional groups attached to an aromatic ring is 1. The fourth-order valence-corrected chi connectivity index (χ4v) is 4.37. The molecule has 6 heteroatoms. The molecule has 3 rings (SSSR count). The van der Waals surface area contributed by atoms with Crippen molar-refractivity contribution in [2.75, 3.05) is 5.73 Å². The predicted molar refractivity (Wildman–Crippen MR) is 82.6 cm³/mol. The highest BCUT2D eigenvalue weighted by Gasteiger charge is 2.20. The minimum absolute atomic E-state index is 0.559. The van der Waals surface area contributed by atoms with E-state index in [0.29, 0.717) is 10.6 Å². The summed E-state index contributed by atoms with van der Waals surface area (Å²) >= 11 is 4.64. The summed E-state index contributed by atoms with van der Waals surface area (Å²) in [5.41, 5.74) is 8.54. The molecule has 0 unspecified atom stereocenters. The van der Waals surface area contributed by atoms with E-state index >= 15 is 0 Å².